The fraction of sp³-hybridized carbons (Fsp3) is 0.385. The Morgan fingerprint density at radius 1 is 1.33 bits per heavy atom. The molecule has 0 aliphatic rings. The summed E-state index contributed by atoms with van der Waals surface area (Å²) in [5.74, 6) is -1.04. The van der Waals surface area contributed by atoms with E-state index in [2.05, 4.69) is 5.32 Å². The smallest absolute Gasteiger partial charge is 0.316 e. The number of carbonyl (C=O) groups is 2. The predicted octanol–water partition coefficient (Wildman–Crippen LogP) is 1.55. The second kappa shape index (κ2) is 7.06. The van der Waals surface area contributed by atoms with Crippen LogP contribution in [0.1, 0.15) is 12.5 Å². The summed E-state index contributed by atoms with van der Waals surface area (Å²) in [5.41, 5.74) is 0.960. The molecule has 0 bridgehead atoms. The van der Waals surface area contributed by atoms with Crippen LogP contribution < -0.4 is 5.32 Å². The highest BCUT2D eigenvalue weighted by Gasteiger charge is 2.24. The van der Waals surface area contributed by atoms with Crippen molar-refractivity contribution in [1.82, 2.24) is 5.32 Å². The lowest BCUT2D eigenvalue weighted by atomic mass is 10.1. The Labute approximate surface area is 111 Å². The average Bonchev–Trinajstić information content (AvgIpc) is 2.37. The van der Waals surface area contributed by atoms with Gasteiger partial charge >= 0.3 is 5.97 Å². The maximum absolute atomic E-state index is 11.4. The van der Waals surface area contributed by atoms with Crippen molar-refractivity contribution in [2.24, 2.45) is 0 Å². The van der Waals surface area contributed by atoms with Crippen LogP contribution in [0.25, 0.3) is 0 Å². The molecule has 5 heteroatoms. The molecule has 98 valence electrons. The van der Waals surface area contributed by atoms with E-state index in [1.807, 2.05) is 30.3 Å². The van der Waals surface area contributed by atoms with Gasteiger partial charge in [-0.05, 0) is 18.9 Å². The van der Waals surface area contributed by atoms with E-state index in [-0.39, 0.29) is 11.2 Å². The number of amides is 1. The van der Waals surface area contributed by atoms with Gasteiger partial charge in [0.2, 0.25) is 5.91 Å². The van der Waals surface area contributed by atoms with Crippen LogP contribution in [0, 0.1) is 0 Å². The normalized spacial score (nSPS) is 13.7. The molecule has 0 radical (unpaired) electrons. The highest BCUT2D eigenvalue weighted by atomic mass is 32.2. The topological polar surface area (TPSA) is 66.4 Å². The minimum atomic E-state index is -0.889. The number of hydrogen-bond acceptors (Lipinski definition) is 3. The molecule has 0 spiro atoms. The maximum Gasteiger partial charge on any atom is 0.316 e. The van der Waals surface area contributed by atoms with E-state index >= 15 is 0 Å². The van der Waals surface area contributed by atoms with Crippen molar-refractivity contribution < 1.29 is 14.7 Å². The number of nitrogens with one attached hydrogen (secondary N) is 1. The van der Waals surface area contributed by atoms with Gasteiger partial charge in [0.1, 0.15) is 5.25 Å². The van der Waals surface area contributed by atoms with Gasteiger partial charge in [-0.3, -0.25) is 9.59 Å². The van der Waals surface area contributed by atoms with Crippen LogP contribution in [0.15, 0.2) is 30.3 Å². The van der Waals surface area contributed by atoms with Crippen LogP contribution in [0.4, 0.5) is 0 Å². The molecule has 1 aromatic rings. The molecular formula is C13H17NO3S. The molecule has 0 aromatic heterocycles. The maximum atomic E-state index is 11.4. The number of rotatable bonds is 6. The van der Waals surface area contributed by atoms with Crippen molar-refractivity contribution in [2.75, 3.05) is 7.05 Å². The van der Waals surface area contributed by atoms with Crippen molar-refractivity contribution in [3.63, 3.8) is 0 Å². The Morgan fingerprint density at radius 3 is 2.44 bits per heavy atom. The minimum absolute atomic E-state index is 0.153. The number of benzene rings is 1. The van der Waals surface area contributed by atoms with E-state index in [1.165, 1.54) is 11.8 Å². The van der Waals surface area contributed by atoms with Crippen molar-refractivity contribution in [2.45, 2.75) is 23.8 Å². The Hall–Kier alpha value is -1.49. The number of carbonyl (C=O) groups excluding carboxylic acids is 1. The highest BCUT2D eigenvalue weighted by Crippen LogP contribution is 2.22. The molecule has 0 saturated carbocycles. The number of aliphatic carboxylic acids is 1. The van der Waals surface area contributed by atoms with E-state index in [0.29, 0.717) is 6.42 Å². The van der Waals surface area contributed by atoms with E-state index < -0.39 is 11.2 Å². The molecule has 0 fully saturated rings. The molecular weight excluding hydrogens is 250 g/mol. The Kier molecular flexibility index (Phi) is 5.71. The first-order valence-corrected chi connectivity index (χ1v) is 6.62. The molecule has 2 unspecified atom stereocenters. The predicted molar refractivity (Wildman–Crippen MR) is 72.7 cm³/mol. The molecule has 1 amide bonds. The Morgan fingerprint density at radius 2 is 1.94 bits per heavy atom. The molecule has 1 aromatic carbocycles. The van der Waals surface area contributed by atoms with Crippen LogP contribution in [-0.4, -0.2) is 34.5 Å². The first-order chi connectivity index (χ1) is 8.54. The zero-order valence-electron chi connectivity index (χ0n) is 10.4. The Balaban J connectivity index is 2.67. The van der Waals surface area contributed by atoms with Crippen LogP contribution in [0.5, 0.6) is 0 Å². The molecule has 0 heterocycles. The largest absolute Gasteiger partial charge is 0.480 e. The fourth-order valence-corrected chi connectivity index (χ4v) is 2.67. The van der Waals surface area contributed by atoms with E-state index in [0.717, 1.165) is 5.56 Å². The summed E-state index contributed by atoms with van der Waals surface area (Å²) >= 11 is 1.17. The van der Waals surface area contributed by atoms with Gasteiger partial charge in [-0.1, -0.05) is 30.3 Å². The summed E-state index contributed by atoms with van der Waals surface area (Å²) < 4.78 is 0. The lowest BCUT2D eigenvalue weighted by molar-refractivity contribution is -0.136. The van der Waals surface area contributed by atoms with E-state index in [1.54, 1.807) is 14.0 Å². The van der Waals surface area contributed by atoms with E-state index in [9.17, 15) is 14.7 Å². The van der Waals surface area contributed by atoms with Gasteiger partial charge in [-0.25, -0.2) is 0 Å². The summed E-state index contributed by atoms with van der Waals surface area (Å²) in [6.45, 7) is 1.71. The molecule has 0 aliphatic heterocycles. The second-order valence-electron chi connectivity index (χ2n) is 3.91. The zero-order chi connectivity index (χ0) is 13.5. The van der Waals surface area contributed by atoms with Gasteiger partial charge in [0.25, 0.3) is 0 Å². The molecule has 0 aliphatic carbocycles. The zero-order valence-corrected chi connectivity index (χ0v) is 11.2. The summed E-state index contributed by atoms with van der Waals surface area (Å²) in [6.07, 6.45) is 0.419. The molecule has 2 atom stereocenters. The van der Waals surface area contributed by atoms with Gasteiger partial charge in [0.05, 0.1) is 5.25 Å². The van der Waals surface area contributed by atoms with Gasteiger partial charge < -0.3 is 10.4 Å². The minimum Gasteiger partial charge on any atom is -0.480 e. The van der Waals surface area contributed by atoms with Crippen LogP contribution in [-0.2, 0) is 16.0 Å². The first kappa shape index (κ1) is 14.6. The van der Waals surface area contributed by atoms with Crippen LogP contribution >= 0.6 is 11.8 Å². The number of carboxylic acid groups (broad SMARTS) is 1. The van der Waals surface area contributed by atoms with Gasteiger partial charge in [-0.15, -0.1) is 11.8 Å². The SMILES string of the molecule is CNC(=O)C(C)SC(Cc1ccccc1)C(=O)O. The summed E-state index contributed by atoms with van der Waals surface area (Å²) in [5, 5.41) is 10.7. The average molecular weight is 267 g/mol. The third-order valence-electron chi connectivity index (χ3n) is 2.52. The Bertz CT molecular complexity index is 408. The van der Waals surface area contributed by atoms with Crippen molar-refractivity contribution >= 4 is 23.6 Å². The van der Waals surface area contributed by atoms with Gasteiger partial charge in [0, 0.05) is 7.05 Å². The van der Waals surface area contributed by atoms with Gasteiger partial charge in [-0.2, -0.15) is 0 Å². The number of carboxylic acids is 1. The standard InChI is InChI=1S/C13H17NO3S/c1-9(12(15)14-2)18-11(13(16)17)8-10-6-4-3-5-7-10/h3-7,9,11H,8H2,1-2H3,(H,14,15)(H,16,17). The van der Waals surface area contributed by atoms with E-state index in [4.69, 9.17) is 0 Å². The quantitative estimate of drug-likeness (QED) is 0.820. The molecule has 4 nitrogen and oxygen atoms in total. The molecule has 18 heavy (non-hydrogen) atoms. The summed E-state index contributed by atoms with van der Waals surface area (Å²) in [6, 6.07) is 9.42. The molecule has 1 rings (SSSR count). The van der Waals surface area contributed by atoms with Crippen LogP contribution in [0.2, 0.25) is 0 Å². The number of thioether (sulfide) groups is 1. The summed E-state index contributed by atoms with van der Waals surface area (Å²) in [4.78, 5) is 22.6. The molecule has 0 saturated heterocycles. The third-order valence-corrected chi connectivity index (χ3v) is 3.84. The third kappa shape index (κ3) is 4.41. The van der Waals surface area contributed by atoms with Crippen LogP contribution in [0.3, 0.4) is 0 Å². The lowest BCUT2D eigenvalue weighted by Crippen LogP contribution is -2.31. The fourth-order valence-electron chi connectivity index (χ4n) is 1.53. The van der Waals surface area contributed by atoms with Gasteiger partial charge in [0.15, 0.2) is 0 Å². The van der Waals surface area contributed by atoms with Crippen molar-refractivity contribution in [3.8, 4) is 0 Å². The highest BCUT2D eigenvalue weighted by molar-refractivity contribution is 8.01. The van der Waals surface area contributed by atoms with Crippen molar-refractivity contribution in [1.29, 1.82) is 0 Å². The monoisotopic (exact) mass is 267 g/mol. The molecule has 2 N–H and O–H groups in total. The number of hydrogen-bond donors (Lipinski definition) is 2. The second-order valence-corrected chi connectivity index (χ2v) is 5.46. The van der Waals surface area contributed by atoms with Crippen molar-refractivity contribution in [3.05, 3.63) is 35.9 Å². The first-order valence-electron chi connectivity index (χ1n) is 5.68. The summed E-state index contributed by atoms with van der Waals surface area (Å²) in [7, 11) is 1.55. The lowest BCUT2D eigenvalue weighted by Gasteiger charge is -2.16.